The number of nitrogens with zero attached hydrogens (tertiary/aromatic N) is 5. The molecule has 0 saturated carbocycles. The summed E-state index contributed by atoms with van der Waals surface area (Å²) in [5.74, 6) is 0.529. The molecule has 4 aromatic rings. The zero-order chi connectivity index (χ0) is 27.8. The van der Waals surface area contributed by atoms with Crippen LogP contribution in [0.4, 0.5) is 5.82 Å². The molecule has 1 fully saturated rings. The third kappa shape index (κ3) is 5.22. The molecule has 1 aromatic heterocycles. The highest BCUT2D eigenvalue weighted by molar-refractivity contribution is 6.34. The van der Waals surface area contributed by atoms with Gasteiger partial charge in [-0.25, -0.2) is 4.98 Å². The van der Waals surface area contributed by atoms with Crippen LogP contribution in [0.2, 0.25) is 5.02 Å². The summed E-state index contributed by atoms with van der Waals surface area (Å²) >= 11 is 6.86. The number of likely N-dealkylation sites (N-methyl/N-ethyl adjacent to an activating group) is 2. The minimum Gasteiger partial charge on any atom is -0.508 e. The summed E-state index contributed by atoms with van der Waals surface area (Å²) in [6, 6.07) is 14.9. The summed E-state index contributed by atoms with van der Waals surface area (Å²) in [5.41, 5.74) is 2.59. The number of phenols is 1. The molecule has 3 aromatic carbocycles. The van der Waals surface area contributed by atoms with E-state index < -0.39 is 0 Å². The van der Waals surface area contributed by atoms with Gasteiger partial charge in [0, 0.05) is 51.3 Å². The maximum absolute atomic E-state index is 13.8. The highest BCUT2D eigenvalue weighted by atomic mass is 35.5. The molecule has 2 heterocycles. The van der Waals surface area contributed by atoms with E-state index in [0.29, 0.717) is 48.1 Å². The molecule has 39 heavy (non-hydrogen) atoms. The number of amides is 1. The number of hydrogen-bond acceptors (Lipinski definition) is 6. The van der Waals surface area contributed by atoms with Crippen LogP contribution < -0.4 is 10.5 Å². The van der Waals surface area contributed by atoms with Crippen molar-refractivity contribution >= 4 is 45.1 Å². The van der Waals surface area contributed by atoms with Gasteiger partial charge in [-0.3, -0.25) is 9.59 Å². The molecule has 1 saturated heterocycles. The lowest BCUT2D eigenvalue weighted by molar-refractivity contribution is -0.132. The quantitative estimate of drug-likeness (QED) is 0.334. The predicted octanol–water partition coefficient (Wildman–Crippen LogP) is 4.22. The van der Waals surface area contributed by atoms with Gasteiger partial charge >= 0.3 is 0 Å². The van der Waals surface area contributed by atoms with Gasteiger partial charge in [0.25, 0.3) is 5.56 Å². The van der Waals surface area contributed by atoms with Gasteiger partial charge in [-0.1, -0.05) is 42.4 Å². The van der Waals surface area contributed by atoms with Crippen LogP contribution in [0.15, 0.2) is 66.0 Å². The molecule has 0 atom stereocenters. The van der Waals surface area contributed by atoms with Gasteiger partial charge in [0.15, 0.2) is 5.82 Å². The smallest absolute Gasteiger partial charge is 0.294 e. The summed E-state index contributed by atoms with van der Waals surface area (Å²) in [6.45, 7) is 6.52. The molecule has 0 aliphatic carbocycles. The normalized spacial score (nSPS) is 13.7. The molecule has 8 nitrogen and oxygen atoms in total. The number of halogens is 1. The molecule has 1 aliphatic heterocycles. The van der Waals surface area contributed by atoms with Crippen LogP contribution in [-0.4, -0.2) is 77.7 Å². The second kappa shape index (κ2) is 10.7. The van der Waals surface area contributed by atoms with Gasteiger partial charge in [-0.05, 0) is 60.8 Å². The number of benzene rings is 3. The zero-order valence-corrected chi connectivity index (χ0v) is 23.1. The van der Waals surface area contributed by atoms with Gasteiger partial charge in [0.2, 0.25) is 5.91 Å². The SMILES string of the molecule is C=CC(=O)N1CC(Cn2c(=O)c(N(C)CCN(C)C)nc3cc(-c4cc(O)cc5ccccc45)c(Cl)cc32)C1. The summed E-state index contributed by atoms with van der Waals surface area (Å²) in [7, 11) is 5.85. The third-order valence-corrected chi connectivity index (χ3v) is 7.60. The first-order chi connectivity index (χ1) is 18.7. The number of fused-ring (bicyclic) bond motifs is 2. The number of anilines is 1. The van der Waals surface area contributed by atoms with E-state index in [4.69, 9.17) is 16.6 Å². The largest absolute Gasteiger partial charge is 0.508 e. The Morgan fingerprint density at radius 3 is 2.59 bits per heavy atom. The second-order valence-corrected chi connectivity index (χ2v) is 10.8. The fourth-order valence-electron chi connectivity index (χ4n) is 5.11. The molecule has 9 heteroatoms. The Hall–Kier alpha value is -3.88. The Morgan fingerprint density at radius 2 is 1.87 bits per heavy atom. The molecule has 1 amide bonds. The lowest BCUT2D eigenvalue weighted by Crippen LogP contribution is -2.51. The number of hydrogen-bond donors (Lipinski definition) is 1. The van der Waals surface area contributed by atoms with E-state index in [9.17, 15) is 14.7 Å². The number of rotatable bonds is 8. The highest BCUT2D eigenvalue weighted by Gasteiger charge is 2.31. The van der Waals surface area contributed by atoms with Crippen LogP contribution >= 0.6 is 11.6 Å². The van der Waals surface area contributed by atoms with Crippen LogP contribution in [0.1, 0.15) is 0 Å². The van der Waals surface area contributed by atoms with E-state index in [1.54, 1.807) is 27.7 Å². The lowest BCUT2D eigenvalue weighted by atomic mass is 9.97. The van der Waals surface area contributed by atoms with Crippen molar-refractivity contribution in [3.63, 3.8) is 0 Å². The number of likely N-dealkylation sites (tertiary alicyclic amines) is 1. The van der Waals surface area contributed by atoms with E-state index >= 15 is 0 Å². The van der Waals surface area contributed by atoms with Crippen LogP contribution in [0.5, 0.6) is 5.75 Å². The number of aromatic hydroxyl groups is 1. The highest BCUT2D eigenvalue weighted by Crippen LogP contribution is 2.38. The van der Waals surface area contributed by atoms with Crippen LogP contribution in [0.3, 0.4) is 0 Å². The van der Waals surface area contributed by atoms with E-state index in [-0.39, 0.29) is 23.1 Å². The maximum atomic E-state index is 13.8. The fraction of sp³-hybridized carbons (Fsp3) is 0.300. The van der Waals surface area contributed by atoms with E-state index in [1.165, 1.54) is 6.08 Å². The first-order valence-corrected chi connectivity index (χ1v) is 13.3. The Balaban J connectivity index is 1.64. The van der Waals surface area contributed by atoms with Gasteiger partial charge in [0.1, 0.15) is 5.75 Å². The zero-order valence-electron chi connectivity index (χ0n) is 22.4. The van der Waals surface area contributed by atoms with Gasteiger partial charge in [0.05, 0.1) is 16.1 Å². The molecule has 1 N–H and O–H groups in total. The molecule has 0 bridgehead atoms. The molecular formula is C30H32ClN5O3. The minimum absolute atomic E-state index is 0.103. The van der Waals surface area contributed by atoms with Crippen LogP contribution in [0.25, 0.3) is 32.9 Å². The maximum Gasteiger partial charge on any atom is 0.294 e. The first kappa shape index (κ1) is 26.7. The van der Waals surface area contributed by atoms with Crippen molar-refractivity contribution in [1.82, 2.24) is 19.4 Å². The van der Waals surface area contributed by atoms with Crippen molar-refractivity contribution in [2.45, 2.75) is 6.54 Å². The van der Waals surface area contributed by atoms with Crippen molar-refractivity contribution in [2.24, 2.45) is 5.92 Å². The van der Waals surface area contributed by atoms with Crippen LogP contribution in [0, 0.1) is 5.92 Å². The number of carbonyl (C=O) groups is 1. The summed E-state index contributed by atoms with van der Waals surface area (Å²) in [6.07, 6.45) is 1.31. The summed E-state index contributed by atoms with van der Waals surface area (Å²) < 4.78 is 1.74. The van der Waals surface area contributed by atoms with E-state index in [1.807, 2.05) is 56.4 Å². The molecular weight excluding hydrogens is 514 g/mol. The predicted molar refractivity (Wildman–Crippen MR) is 158 cm³/mol. The minimum atomic E-state index is -0.191. The lowest BCUT2D eigenvalue weighted by Gasteiger charge is -2.39. The van der Waals surface area contributed by atoms with Gasteiger partial charge < -0.3 is 24.4 Å². The molecule has 1 aliphatic rings. The number of aromatic nitrogens is 2. The van der Waals surface area contributed by atoms with Crippen molar-refractivity contribution in [2.75, 3.05) is 52.2 Å². The molecule has 0 unspecified atom stereocenters. The average Bonchev–Trinajstić information content (AvgIpc) is 2.88. The summed E-state index contributed by atoms with van der Waals surface area (Å²) in [5, 5.41) is 12.7. The second-order valence-electron chi connectivity index (χ2n) is 10.4. The Morgan fingerprint density at radius 1 is 1.13 bits per heavy atom. The third-order valence-electron chi connectivity index (χ3n) is 7.28. The Labute approximate surface area is 232 Å². The fourth-order valence-corrected chi connectivity index (χ4v) is 5.37. The average molecular weight is 546 g/mol. The number of phenolic OH excluding ortho intramolecular Hbond substituents is 1. The van der Waals surface area contributed by atoms with Gasteiger partial charge in [-0.2, -0.15) is 0 Å². The molecule has 202 valence electrons. The van der Waals surface area contributed by atoms with Crippen molar-refractivity contribution in [3.05, 3.63) is 76.6 Å². The van der Waals surface area contributed by atoms with Gasteiger partial charge in [-0.15, -0.1) is 0 Å². The van der Waals surface area contributed by atoms with Crippen molar-refractivity contribution in [3.8, 4) is 16.9 Å². The Kier molecular flexibility index (Phi) is 7.34. The topological polar surface area (TPSA) is 81.9 Å². The number of carbonyl (C=O) groups excluding carboxylic acids is 1. The monoisotopic (exact) mass is 545 g/mol. The Bertz CT molecular complexity index is 1640. The summed E-state index contributed by atoms with van der Waals surface area (Å²) in [4.78, 5) is 36.2. The van der Waals surface area contributed by atoms with Crippen molar-refractivity contribution < 1.29 is 9.90 Å². The molecule has 0 spiro atoms. The molecule has 0 radical (unpaired) electrons. The van der Waals surface area contributed by atoms with E-state index in [0.717, 1.165) is 28.4 Å². The van der Waals surface area contributed by atoms with Crippen molar-refractivity contribution in [1.29, 1.82) is 0 Å². The van der Waals surface area contributed by atoms with Crippen LogP contribution in [-0.2, 0) is 11.3 Å². The van der Waals surface area contributed by atoms with E-state index in [2.05, 4.69) is 11.5 Å². The standard InChI is InChI=1S/C30H32ClN5O3/c1-5-28(38)35-16-19(17-35)18-36-27-15-25(31)24(23-13-21(37)12-20-8-6-7-9-22(20)23)14-26(27)32-29(30(36)39)34(4)11-10-33(2)3/h5-9,12-15,19,37H,1,10-11,16-18H2,2-4H3. The molecule has 5 rings (SSSR count). The first-order valence-electron chi connectivity index (χ1n) is 12.9.